The average molecular weight is 262 g/mol. The van der Waals surface area contributed by atoms with Crippen LogP contribution in [0.4, 0.5) is 0 Å². The zero-order valence-electron chi connectivity index (χ0n) is 10.4. The lowest BCUT2D eigenvalue weighted by Crippen LogP contribution is -2.24. The van der Waals surface area contributed by atoms with Crippen LogP contribution in [-0.4, -0.2) is 21.0 Å². The minimum absolute atomic E-state index is 0.153. The second-order valence-electron chi connectivity index (χ2n) is 4.47. The van der Waals surface area contributed by atoms with Crippen LogP contribution in [0.25, 0.3) is 0 Å². The normalized spacial score (nSPS) is 14.6. The highest BCUT2D eigenvalue weighted by Gasteiger charge is 2.17. The number of aromatic nitrogens is 2. The number of nitrogens with zero attached hydrogens (tertiary/aromatic N) is 2. The number of aliphatic hydroxyl groups excluding tert-OH is 1. The van der Waals surface area contributed by atoms with Crippen molar-refractivity contribution in [3.63, 3.8) is 0 Å². The van der Waals surface area contributed by atoms with E-state index in [-0.39, 0.29) is 19.0 Å². The lowest BCUT2D eigenvalue weighted by molar-refractivity contribution is 0.154. The van der Waals surface area contributed by atoms with E-state index in [1.165, 1.54) is 9.13 Å². The van der Waals surface area contributed by atoms with Gasteiger partial charge in [0.2, 0.25) is 6.79 Å². The highest BCUT2D eigenvalue weighted by atomic mass is 16.7. The molecule has 0 fully saturated rings. The summed E-state index contributed by atoms with van der Waals surface area (Å²) in [6, 6.07) is 5.27. The number of ether oxygens (including phenoxy) is 2. The number of imidazole rings is 1. The topological polar surface area (TPSA) is 65.6 Å². The number of benzene rings is 1. The molecule has 100 valence electrons. The molecule has 1 atom stereocenters. The first-order chi connectivity index (χ1) is 9.15. The Kier molecular flexibility index (Phi) is 2.79. The van der Waals surface area contributed by atoms with E-state index in [1.807, 2.05) is 0 Å². The van der Waals surface area contributed by atoms with Gasteiger partial charge in [-0.25, -0.2) is 4.79 Å². The molecule has 1 aliphatic heterocycles. The second kappa shape index (κ2) is 4.47. The molecule has 2 heterocycles. The summed E-state index contributed by atoms with van der Waals surface area (Å²) in [5.41, 5.74) is 0.541. The molecule has 2 aromatic rings. The van der Waals surface area contributed by atoms with Crippen LogP contribution in [0, 0.1) is 0 Å². The van der Waals surface area contributed by atoms with Crippen LogP contribution in [0.3, 0.4) is 0 Å². The molecular weight excluding hydrogens is 248 g/mol. The monoisotopic (exact) mass is 262 g/mol. The minimum Gasteiger partial charge on any atom is -0.454 e. The Balaban J connectivity index is 1.82. The SMILES string of the molecule is Cn1ccn(CC(O)c2ccc3c(c2)OCO3)c1=O. The van der Waals surface area contributed by atoms with E-state index in [4.69, 9.17) is 9.47 Å². The van der Waals surface area contributed by atoms with Gasteiger partial charge < -0.3 is 19.1 Å². The van der Waals surface area contributed by atoms with Crippen LogP contribution in [0.15, 0.2) is 35.4 Å². The van der Waals surface area contributed by atoms with Crippen molar-refractivity contribution in [3.05, 3.63) is 46.6 Å². The van der Waals surface area contributed by atoms with Gasteiger partial charge in [0.15, 0.2) is 11.5 Å². The lowest BCUT2D eigenvalue weighted by atomic mass is 10.1. The van der Waals surface area contributed by atoms with Crippen LogP contribution >= 0.6 is 0 Å². The number of fused-ring (bicyclic) bond motifs is 1. The zero-order chi connectivity index (χ0) is 13.4. The van der Waals surface area contributed by atoms with Gasteiger partial charge in [0.25, 0.3) is 0 Å². The predicted molar refractivity (Wildman–Crippen MR) is 67.2 cm³/mol. The van der Waals surface area contributed by atoms with Crippen LogP contribution in [-0.2, 0) is 13.6 Å². The summed E-state index contributed by atoms with van der Waals surface area (Å²) in [5.74, 6) is 1.30. The summed E-state index contributed by atoms with van der Waals surface area (Å²) in [4.78, 5) is 11.7. The molecule has 1 aliphatic rings. The summed E-state index contributed by atoms with van der Waals surface area (Å²) >= 11 is 0. The van der Waals surface area contributed by atoms with Crippen molar-refractivity contribution in [2.45, 2.75) is 12.6 Å². The molecule has 19 heavy (non-hydrogen) atoms. The van der Waals surface area contributed by atoms with Crippen molar-refractivity contribution in [2.24, 2.45) is 7.05 Å². The van der Waals surface area contributed by atoms with Crippen LogP contribution < -0.4 is 15.2 Å². The van der Waals surface area contributed by atoms with E-state index in [2.05, 4.69) is 0 Å². The quantitative estimate of drug-likeness (QED) is 0.882. The molecule has 0 radical (unpaired) electrons. The van der Waals surface area contributed by atoms with E-state index in [9.17, 15) is 9.90 Å². The van der Waals surface area contributed by atoms with E-state index >= 15 is 0 Å². The van der Waals surface area contributed by atoms with Crippen molar-refractivity contribution in [1.82, 2.24) is 9.13 Å². The fourth-order valence-electron chi connectivity index (χ4n) is 2.06. The van der Waals surface area contributed by atoms with Gasteiger partial charge in [-0.05, 0) is 17.7 Å². The Morgan fingerprint density at radius 3 is 2.84 bits per heavy atom. The van der Waals surface area contributed by atoms with Gasteiger partial charge in [0.1, 0.15) is 0 Å². The fourth-order valence-corrected chi connectivity index (χ4v) is 2.06. The molecule has 0 spiro atoms. The van der Waals surface area contributed by atoms with Crippen LogP contribution in [0.5, 0.6) is 11.5 Å². The maximum Gasteiger partial charge on any atom is 0.327 e. The van der Waals surface area contributed by atoms with Gasteiger partial charge >= 0.3 is 5.69 Å². The van der Waals surface area contributed by atoms with E-state index in [0.717, 1.165) is 0 Å². The van der Waals surface area contributed by atoms with Crippen molar-refractivity contribution in [3.8, 4) is 11.5 Å². The lowest BCUT2D eigenvalue weighted by Gasteiger charge is -2.11. The maximum absolute atomic E-state index is 11.7. The number of aliphatic hydroxyl groups is 1. The largest absolute Gasteiger partial charge is 0.454 e. The summed E-state index contributed by atoms with van der Waals surface area (Å²) in [6.45, 7) is 0.409. The molecular formula is C13H14N2O4. The summed E-state index contributed by atoms with van der Waals surface area (Å²) in [7, 11) is 1.67. The second-order valence-corrected chi connectivity index (χ2v) is 4.47. The van der Waals surface area contributed by atoms with E-state index in [1.54, 1.807) is 37.6 Å². The standard InChI is InChI=1S/C13H14N2O4/c1-14-4-5-15(13(14)17)7-10(16)9-2-3-11-12(6-9)19-8-18-11/h2-6,10,16H,7-8H2,1H3. The van der Waals surface area contributed by atoms with E-state index in [0.29, 0.717) is 17.1 Å². The number of aryl methyl sites for hydroxylation is 1. The van der Waals surface area contributed by atoms with Gasteiger partial charge in [-0.15, -0.1) is 0 Å². The molecule has 1 N–H and O–H groups in total. The first kappa shape index (κ1) is 11.9. The third kappa shape index (κ3) is 2.10. The molecule has 6 heteroatoms. The molecule has 3 rings (SSSR count). The molecule has 1 aromatic carbocycles. The first-order valence-electron chi connectivity index (χ1n) is 5.94. The smallest absolute Gasteiger partial charge is 0.327 e. The zero-order valence-corrected chi connectivity index (χ0v) is 10.4. The van der Waals surface area contributed by atoms with Crippen LogP contribution in [0.1, 0.15) is 11.7 Å². The molecule has 1 unspecified atom stereocenters. The molecule has 6 nitrogen and oxygen atoms in total. The van der Waals surface area contributed by atoms with Crippen LogP contribution in [0.2, 0.25) is 0 Å². The van der Waals surface area contributed by atoms with Gasteiger partial charge in [-0.3, -0.25) is 4.57 Å². The molecule has 0 amide bonds. The Hall–Kier alpha value is -2.21. The highest BCUT2D eigenvalue weighted by molar-refractivity contribution is 5.45. The predicted octanol–water partition coefficient (Wildman–Crippen LogP) is 0.649. The highest BCUT2D eigenvalue weighted by Crippen LogP contribution is 2.34. The van der Waals surface area contributed by atoms with Crippen molar-refractivity contribution in [1.29, 1.82) is 0 Å². The molecule has 1 aromatic heterocycles. The molecule has 0 aliphatic carbocycles. The third-order valence-corrected chi connectivity index (χ3v) is 3.17. The van der Waals surface area contributed by atoms with Gasteiger partial charge in [-0.1, -0.05) is 6.07 Å². The minimum atomic E-state index is -0.769. The van der Waals surface area contributed by atoms with Crippen molar-refractivity contribution < 1.29 is 14.6 Å². The summed E-state index contributed by atoms with van der Waals surface area (Å²) < 4.78 is 13.4. The number of hydrogen-bond acceptors (Lipinski definition) is 4. The fraction of sp³-hybridized carbons (Fsp3) is 0.308. The Labute approximate surface area is 109 Å². The average Bonchev–Trinajstić information content (AvgIpc) is 2.99. The Bertz CT molecular complexity index is 659. The maximum atomic E-state index is 11.7. The molecule has 0 saturated carbocycles. The summed E-state index contributed by atoms with van der Waals surface area (Å²) in [5, 5.41) is 10.2. The Morgan fingerprint density at radius 2 is 2.11 bits per heavy atom. The number of hydrogen-bond donors (Lipinski definition) is 1. The van der Waals surface area contributed by atoms with Crippen molar-refractivity contribution in [2.75, 3.05) is 6.79 Å². The van der Waals surface area contributed by atoms with Crippen molar-refractivity contribution >= 4 is 0 Å². The third-order valence-electron chi connectivity index (χ3n) is 3.17. The van der Waals surface area contributed by atoms with Gasteiger partial charge in [0.05, 0.1) is 12.6 Å². The summed E-state index contributed by atoms with van der Waals surface area (Å²) in [6.07, 6.45) is 2.54. The molecule has 0 bridgehead atoms. The number of rotatable bonds is 3. The first-order valence-corrected chi connectivity index (χ1v) is 5.94. The van der Waals surface area contributed by atoms with Gasteiger partial charge in [0, 0.05) is 19.4 Å². The van der Waals surface area contributed by atoms with Gasteiger partial charge in [-0.2, -0.15) is 0 Å². The van der Waals surface area contributed by atoms with E-state index < -0.39 is 6.10 Å². The Morgan fingerprint density at radius 1 is 1.32 bits per heavy atom. The molecule has 0 saturated heterocycles.